The number of nitrogens with zero attached hydrogens (tertiary/aromatic N) is 1. The van der Waals surface area contributed by atoms with Crippen molar-refractivity contribution in [2.45, 2.75) is 11.5 Å². The van der Waals surface area contributed by atoms with Crippen LogP contribution in [0.3, 0.4) is 0 Å². The van der Waals surface area contributed by atoms with Crippen molar-refractivity contribution in [2.24, 2.45) is 0 Å². The minimum absolute atomic E-state index is 0.209. The highest BCUT2D eigenvalue weighted by Gasteiger charge is 2.17. The van der Waals surface area contributed by atoms with Gasteiger partial charge in [0.05, 0.1) is 17.0 Å². The van der Waals surface area contributed by atoms with Gasteiger partial charge in [0, 0.05) is 24.4 Å². The maximum atomic E-state index is 12.7. The number of benzene rings is 2. The molecule has 0 fully saturated rings. The highest BCUT2D eigenvalue weighted by molar-refractivity contribution is 7.93. The number of hydrogen-bond donors (Lipinski definition) is 1. The number of rotatable bonds is 5. The molecule has 3 aromatic rings. The SMILES string of the molecule is COCc1cccc(NS(=O)(=O)c2cccc3ncccc23)c1. The molecule has 0 saturated carbocycles. The van der Waals surface area contributed by atoms with Crippen LogP contribution < -0.4 is 4.72 Å². The predicted octanol–water partition coefficient (Wildman–Crippen LogP) is 3.18. The number of aromatic nitrogens is 1. The number of methoxy groups -OCH3 is 1. The van der Waals surface area contributed by atoms with E-state index in [0.717, 1.165) is 5.56 Å². The Hall–Kier alpha value is -2.44. The summed E-state index contributed by atoms with van der Waals surface area (Å²) in [5.41, 5.74) is 2.04. The number of pyridine rings is 1. The fourth-order valence-electron chi connectivity index (χ4n) is 2.41. The van der Waals surface area contributed by atoms with Crippen molar-refractivity contribution in [3.8, 4) is 0 Å². The van der Waals surface area contributed by atoms with Gasteiger partial charge in [0.2, 0.25) is 0 Å². The fraction of sp³-hybridized carbons (Fsp3) is 0.118. The van der Waals surface area contributed by atoms with Gasteiger partial charge >= 0.3 is 0 Å². The molecule has 0 aliphatic carbocycles. The Morgan fingerprint density at radius 3 is 2.74 bits per heavy atom. The smallest absolute Gasteiger partial charge is 0.262 e. The lowest BCUT2D eigenvalue weighted by atomic mass is 10.2. The Kier molecular flexibility index (Phi) is 4.27. The quantitative estimate of drug-likeness (QED) is 0.781. The Balaban J connectivity index is 2.00. The Morgan fingerprint density at radius 2 is 1.91 bits per heavy atom. The minimum atomic E-state index is -3.70. The Bertz CT molecular complexity index is 934. The zero-order valence-corrected chi connectivity index (χ0v) is 13.4. The molecule has 118 valence electrons. The lowest BCUT2D eigenvalue weighted by Gasteiger charge is -2.11. The summed E-state index contributed by atoms with van der Waals surface area (Å²) in [6.45, 7) is 0.424. The van der Waals surface area contributed by atoms with Gasteiger partial charge in [-0.05, 0) is 42.0 Å². The monoisotopic (exact) mass is 328 g/mol. The van der Waals surface area contributed by atoms with Gasteiger partial charge < -0.3 is 4.74 Å². The van der Waals surface area contributed by atoms with Gasteiger partial charge in [-0.2, -0.15) is 0 Å². The van der Waals surface area contributed by atoms with Gasteiger partial charge in [-0.15, -0.1) is 0 Å². The molecular weight excluding hydrogens is 312 g/mol. The third-order valence-corrected chi connectivity index (χ3v) is 4.82. The second kappa shape index (κ2) is 6.36. The van der Waals surface area contributed by atoms with Gasteiger partial charge in [-0.1, -0.05) is 18.2 Å². The summed E-state index contributed by atoms with van der Waals surface area (Å²) in [5, 5.41) is 0.593. The molecule has 0 saturated heterocycles. The molecule has 0 atom stereocenters. The van der Waals surface area contributed by atoms with Gasteiger partial charge in [0.1, 0.15) is 0 Å². The van der Waals surface area contributed by atoms with E-state index in [0.29, 0.717) is 23.2 Å². The number of ether oxygens (including phenoxy) is 1. The maximum absolute atomic E-state index is 12.7. The number of fused-ring (bicyclic) bond motifs is 1. The Labute approximate surface area is 135 Å². The largest absolute Gasteiger partial charge is 0.380 e. The molecule has 1 heterocycles. The Morgan fingerprint density at radius 1 is 1.09 bits per heavy atom. The van der Waals surface area contributed by atoms with E-state index in [1.807, 2.05) is 6.07 Å². The van der Waals surface area contributed by atoms with Crippen LogP contribution in [0.2, 0.25) is 0 Å². The van der Waals surface area contributed by atoms with Gasteiger partial charge in [-0.3, -0.25) is 9.71 Å². The molecule has 1 aromatic heterocycles. The first-order chi connectivity index (χ1) is 11.1. The third kappa shape index (κ3) is 3.33. The summed E-state index contributed by atoms with van der Waals surface area (Å²) < 4.78 is 33.1. The maximum Gasteiger partial charge on any atom is 0.262 e. The molecule has 0 radical (unpaired) electrons. The van der Waals surface area contributed by atoms with Crippen LogP contribution in [-0.2, 0) is 21.4 Å². The fourth-order valence-corrected chi connectivity index (χ4v) is 3.68. The van der Waals surface area contributed by atoms with E-state index in [4.69, 9.17) is 4.74 Å². The van der Waals surface area contributed by atoms with Crippen LogP contribution in [-0.4, -0.2) is 20.5 Å². The lowest BCUT2D eigenvalue weighted by Crippen LogP contribution is -2.13. The first-order valence-electron chi connectivity index (χ1n) is 7.04. The summed E-state index contributed by atoms with van der Waals surface area (Å²) >= 11 is 0. The van der Waals surface area contributed by atoms with E-state index in [2.05, 4.69) is 9.71 Å². The molecule has 3 rings (SSSR count). The van der Waals surface area contributed by atoms with Crippen LogP contribution in [0.25, 0.3) is 10.9 Å². The summed E-state index contributed by atoms with van der Waals surface area (Å²) in [7, 11) is -2.11. The number of hydrogen-bond acceptors (Lipinski definition) is 4. The van der Waals surface area contributed by atoms with Crippen molar-refractivity contribution >= 4 is 26.6 Å². The topological polar surface area (TPSA) is 68.3 Å². The standard InChI is InChI=1S/C17H16N2O3S/c1-22-12-13-5-2-6-14(11-13)19-23(20,21)17-9-3-8-16-15(17)7-4-10-18-16/h2-11,19H,12H2,1H3. The number of sulfonamides is 1. The second-order valence-electron chi connectivity index (χ2n) is 5.07. The zero-order chi connectivity index (χ0) is 16.3. The first-order valence-corrected chi connectivity index (χ1v) is 8.53. The van der Waals surface area contributed by atoms with E-state index in [1.54, 1.807) is 61.8 Å². The van der Waals surface area contributed by atoms with E-state index in [1.165, 1.54) is 0 Å². The third-order valence-electron chi connectivity index (χ3n) is 3.39. The van der Waals surface area contributed by atoms with Crippen molar-refractivity contribution < 1.29 is 13.2 Å². The summed E-state index contributed by atoms with van der Waals surface area (Å²) in [6.07, 6.45) is 1.64. The average Bonchev–Trinajstić information content (AvgIpc) is 2.54. The highest BCUT2D eigenvalue weighted by Crippen LogP contribution is 2.24. The van der Waals surface area contributed by atoms with Crippen molar-refractivity contribution in [3.05, 3.63) is 66.4 Å². The van der Waals surface area contributed by atoms with E-state index in [-0.39, 0.29) is 4.90 Å². The molecule has 23 heavy (non-hydrogen) atoms. The van der Waals surface area contributed by atoms with Crippen LogP contribution >= 0.6 is 0 Å². The lowest BCUT2D eigenvalue weighted by molar-refractivity contribution is 0.185. The molecule has 2 aromatic carbocycles. The van der Waals surface area contributed by atoms with Gasteiger partial charge in [0.25, 0.3) is 10.0 Å². The van der Waals surface area contributed by atoms with Crippen LogP contribution in [0.5, 0.6) is 0 Å². The van der Waals surface area contributed by atoms with E-state index >= 15 is 0 Å². The minimum Gasteiger partial charge on any atom is -0.380 e. The molecule has 0 spiro atoms. The van der Waals surface area contributed by atoms with E-state index < -0.39 is 10.0 Å². The van der Waals surface area contributed by atoms with Crippen LogP contribution in [0.15, 0.2) is 65.7 Å². The van der Waals surface area contributed by atoms with E-state index in [9.17, 15) is 8.42 Å². The zero-order valence-electron chi connectivity index (χ0n) is 12.6. The number of nitrogens with one attached hydrogen (secondary N) is 1. The van der Waals surface area contributed by atoms with Crippen molar-refractivity contribution in [1.29, 1.82) is 0 Å². The normalized spacial score (nSPS) is 11.5. The average molecular weight is 328 g/mol. The van der Waals surface area contributed by atoms with Gasteiger partial charge in [-0.25, -0.2) is 8.42 Å². The van der Waals surface area contributed by atoms with Crippen molar-refractivity contribution in [2.75, 3.05) is 11.8 Å². The molecule has 1 N–H and O–H groups in total. The molecule has 0 amide bonds. The molecule has 5 nitrogen and oxygen atoms in total. The van der Waals surface area contributed by atoms with Gasteiger partial charge in [0.15, 0.2) is 0 Å². The summed E-state index contributed by atoms with van der Waals surface area (Å²) in [4.78, 5) is 4.40. The van der Waals surface area contributed by atoms with Crippen LogP contribution in [0.1, 0.15) is 5.56 Å². The highest BCUT2D eigenvalue weighted by atomic mass is 32.2. The molecule has 0 aliphatic rings. The summed E-state index contributed by atoms with van der Waals surface area (Å²) in [5.74, 6) is 0. The molecule has 0 unspecified atom stereocenters. The van der Waals surface area contributed by atoms with Crippen LogP contribution in [0.4, 0.5) is 5.69 Å². The molecule has 0 aliphatic heterocycles. The van der Waals surface area contributed by atoms with Crippen LogP contribution in [0, 0.1) is 0 Å². The molecular formula is C17H16N2O3S. The molecule has 6 heteroatoms. The predicted molar refractivity (Wildman–Crippen MR) is 89.7 cm³/mol. The number of anilines is 1. The molecule has 0 bridgehead atoms. The second-order valence-corrected chi connectivity index (χ2v) is 6.72. The van der Waals surface area contributed by atoms with Crippen molar-refractivity contribution in [3.63, 3.8) is 0 Å². The first kappa shape index (κ1) is 15.5. The van der Waals surface area contributed by atoms with Crippen molar-refractivity contribution in [1.82, 2.24) is 4.98 Å². The summed E-state index contributed by atoms with van der Waals surface area (Å²) in [6, 6.07) is 15.6.